The van der Waals surface area contributed by atoms with E-state index in [2.05, 4.69) is 5.16 Å². The highest BCUT2D eigenvalue weighted by Crippen LogP contribution is 2.35. The average Bonchev–Trinajstić information content (AvgIpc) is 2.58. The minimum absolute atomic E-state index is 0.123. The van der Waals surface area contributed by atoms with Crippen molar-refractivity contribution in [2.45, 2.75) is 6.61 Å². The Morgan fingerprint density at radius 1 is 1.04 bits per heavy atom. The van der Waals surface area contributed by atoms with Crippen LogP contribution in [0.1, 0.15) is 11.1 Å². The maximum atomic E-state index is 13.6. The summed E-state index contributed by atoms with van der Waals surface area (Å²) < 4.78 is 28.8. The zero-order valence-electron chi connectivity index (χ0n) is 13.5. The van der Waals surface area contributed by atoms with Crippen LogP contribution in [-0.2, 0) is 11.4 Å². The van der Waals surface area contributed by atoms with Crippen LogP contribution >= 0.6 is 11.6 Å². The Morgan fingerprint density at radius 2 is 1.79 bits per heavy atom. The van der Waals surface area contributed by atoms with Crippen molar-refractivity contribution in [2.24, 2.45) is 5.16 Å². The van der Waals surface area contributed by atoms with Crippen molar-refractivity contribution >= 4 is 17.8 Å². The van der Waals surface area contributed by atoms with Crippen molar-refractivity contribution < 1.29 is 23.4 Å². The predicted octanol–water partition coefficient (Wildman–Crippen LogP) is 4.06. The van der Waals surface area contributed by atoms with E-state index < -0.39 is 5.82 Å². The smallest absolute Gasteiger partial charge is 0.179 e. The van der Waals surface area contributed by atoms with Crippen molar-refractivity contribution in [1.82, 2.24) is 0 Å². The Bertz CT molecular complexity index is 737. The molecule has 128 valence electrons. The number of rotatable bonds is 7. The third kappa shape index (κ3) is 4.29. The highest BCUT2D eigenvalue weighted by Gasteiger charge is 2.10. The van der Waals surface area contributed by atoms with E-state index >= 15 is 0 Å². The zero-order chi connectivity index (χ0) is 17.5. The van der Waals surface area contributed by atoms with Crippen LogP contribution in [0, 0.1) is 5.82 Å². The van der Waals surface area contributed by atoms with Gasteiger partial charge in [-0.2, -0.15) is 0 Å². The fraction of sp³-hybridized carbons (Fsp3) is 0.235. The van der Waals surface area contributed by atoms with Crippen LogP contribution in [0.4, 0.5) is 4.39 Å². The molecule has 0 aliphatic carbocycles. The Labute approximate surface area is 144 Å². The quantitative estimate of drug-likeness (QED) is 0.556. The van der Waals surface area contributed by atoms with Gasteiger partial charge in [-0.15, -0.1) is 0 Å². The number of methoxy groups -OCH3 is 3. The Hall–Kier alpha value is -2.47. The summed E-state index contributed by atoms with van der Waals surface area (Å²) in [4.78, 5) is 5.17. The molecule has 0 atom stereocenters. The lowest BCUT2D eigenvalue weighted by atomic mass is 10.2. The number of nitrogens with zero attached hydrogens (tertiary/aromatic N) is 1. The minimum Gasteiger partial charge on any atom is -0.494 e. The maximum absolute atomic E-state index is 13.6. The second kappa shape index (κ2) is 8.40. The fourth-order valence-electron chi connectivity index (χ4n) is 2.02. The van der Waals surface area contributed by atoms with E-state index in [4.69, 9.17) is 30.6 Å². The second-order valence-corrected chi connectivity index (χ2v) is 5.12. The first-order valence-corrected chi connectivity index (χ1v) is 7.36. The number of halogens is 2. The van der Waals surface area contributed by atoms with Gasteiger partial charge in [-0.3, -0.25) is 0 Å². The van der Waals surface area contributed by atoms with Gasteiger partial charge in [0.05, 0.1) is 32.6 Å². The fourth-order valence-corrected chi connectivity index (χ4v) is 2.32. The van der Waals surface area contributed by atoms with Gasteiger partial charge in [-0.1, -0.05) is 22.8 Å². The van der Waals surface area contributed by atoms with E-state index in [1.165, 1.54) is 39.7 Å². The number of ether oxygens (including phenoxy) is 3. The summed E-state index contributed by atoms with van der Waals surface area (Å²) in [7, 11) is 4.44. The molecule has 0 spiro atoms. The van der Waals surface area contributed by atoms with Crippen molar-refractivity contribution in [3.05, 3.63) is 52.3 Å². The molecule has 2 aromatic carbocycles. The number of hydrogen-bond donors (Lipinski definition) is 0. The summed E-state index contributed by atoms with van der Waals surface area (Å²) in [6, 6.07) is 7.95. The lowest BCUT2D eigenvalue weighted by Gasteiger charge is -2.09. The molecule has 2 rings (SSSR count). The number of hydrogen-bond acceptors (Lipinski definition) is 5. The molecule has 24 heavy (non-hydrogen) atoms. The third-order valence-electron chi connectivity index (χ3n) is 3.18. The van der Waals surface area contributed by atoms with E-state index in [1.807, 2.05) is 0 Å². The average molecular weight is 354 g/mol. The Morgan fingerprint density at radius 3 is 2.42 bits per heavy atom. The largest absolute Gasteiger partial charge is 0.494 e. The second-order valence-electron chi connectivity index (χ2n) is 4.72. The van der Waals surface area contributed by atoms with Gasteiger partial charge in [-0.25, -0.2) is 4.39 Å². The summed E-state index contributed by atoms with van der Waals surface area (Å²) >= 11 is 6.11. The standard InChI is InChI=1S/C17H17ClFNO4/c1-21-15-5-4-11(7-14(15)19)10-24-20-9-12-6-13(18)17(23-3)16(8-12)22-2/h4-9H,10H2,1-3H3/b20-9+. The molecule has 0 radical (unpaired) electrons. The molecule has 0 saturated heterocycles. The maximum Gasteiger partial charge on any atom is 0.179 e. The summed E-state index contributed by atoms with van der Waals surface area (Å²) in [6.07, 6.45) is 1.48. The molecular formula is C17H17ClFNO4. The molecule has 0 fully saturated rings. The highest BCUT2D eigenvalue weighted by atomic mass is 35.5. The SMILES string of the molecule is COc1ccc(CO/N=C/c2cc(Cl)c(OC)c(OC)c2)cc1F. The molecule has 0 heterocycles. The van der Waals surface area contributed by atoms with Crippen LogP contribution < -0.4 is 14.2 Å². The molecule has 0 aliphatic rings. The van der Waals surface area contributed by atoms with Gasteiger partial charge in [-0.05, 0) is 29.8 Å². The molecule has 0 aromatic heterocycles. The molecule has 0 bridgehead atoms. The Kier molecular flexibility index (Phi) is 6.26. The van der Waals surface area contributed by atoms with Crippen LogP contribution in [-0.4, -0.2) is 27.5 Å². The van der Waals surface area contributed by atoms with Gasteiger partial charge in [0.1, 0.15) is 6.61 Å². The normalized spacial score (nSPS) is 10.7. The van der Waals surface area contributed by atoms with Gasteiger partial charge >= 0.3 is 0 Å². The highest BCUT2D eigenvalue weighted by molar-refractivity contribution is 6.32. The predicted molar refractivity (Wildman–Crippen MR) is 89.9 cm³/mol. The van der Waals surface area contributed by atoms with E-state index in [1.54, 1.807) is 18.2 Å². The van der Waals surface area contributed by atoms with Gasteiger partial charge in [0.25, 0.3) is 0 Å². The van der Waals surface area contributed by atoms with E-state index in [0.29, 0.717) is 27.6 Å². The zero-order valence-corrected chi connectivity index (χ0v) is 14.3. The first-order valence-electron chi connectivity index (χ1n) is 6.98. The lowest BCUT2D eigenvalue weighted by Crippen LogP contribution is -1.95. The monoisotopic (exact) mass is 353 g/mol. The van der Waals surface area contributed by atoms with Crippen LogP contribution in [0.15, 0.2) is 35.5 Å². The molecule has 0 amide bonds. The number of benzene rings is 2. The van der Waals surface area contributed by atoms with Crippen molar-refractivity contribution in [1.29, 1.82) is 0 Å². The molecule has 7 heteroatoms. The van der Waals surface area contributed by atoms with Gasteiger partial charge in [0.2, 0.25) is 0 Å². The summed E-state index contributed by atoms with van der Waals surface area (Å²) in [5.41, 5.74) is 1.31. The Balaban J connectivity index is 2.02. The van der Waals surface area contributed by atoms with Crippen LogP contribution in [0.5, 0.6) is 17.2 Å². The number of oxime groups is 1. The molecule has 0 saturated carbocycles. The first-order chi connectivity index (χ1) is 11.6. The summed E-state index contributed by atoms with van der Waals surface area (Å²) in [5.74, 6) is 0.672. The van der Waals surface area contributed by atoms with Gasteiger partial charge in [0.15, 0.2) is 23.1 Å². The van der Waals surface area contributed by atoms with E-state index in [9.17, 15) is 4.39 Å². The molecule has 0 aliphatic heterocycles. The molecular weight excluding hydrogens is 337 g/mol. The minimum atomic E-state index is -0.450. The molecule has 2 aromatic rings. The summed E-state index contributed by atoms with van der Waals surface area (Å²) in [5, 5.41) is 4.25. The van der Waals surface area contributed by atoms with E-state index in [-0.39, 0.29) is 12.4 Å². The van der Waals surface area contributed by atoms with E-state index in [0.717, 1.165) is 0 Å². The lowest BCUT2D eigenvalue weighted by molar-refractivity contribution is 0.132. The molecule has 0 N–H and O–H groups in total. The van der Waals surface area contributed by atoms with Gasteiger partial charge < -0.3 is 19.0 Å². The topological polar surface area (TPSA) is 49.3 Å². The van der Waals surface area contributed by atoms with Crippen LogP contribution in [0.25, 0.3) is 0 Å². The molecule has 0 unspecified atom stereocenters. The van der Waals surface area contributed by atoms with Crippen molar-refractivity contribution in [3.63, 3.8) is 0 Å². The van der Waals surface area contributed by atoms with Crippen LogP contribution in [0.2, 0.25) is 5.02 Å². The first kappa shape index (κ1) is 17.9. The van der Waals surface area contributed by atoms with Crippen LogP contribution in [0.3, 0.4) is 0 Å². The van der Waals surface area contributed by atoms with Crippen molar-refractivity contribution in [2.75, 3.05) is 21.3 Å². The summed E-state index contributed by atoms with van der Waals surface area (Å²) in [6.45, 7) is 0.123. The van der Waals surface area contributed by atoms with Gasteiger partial charge in [0, 0.05) is 5.56 Å². The van der Waals surface area contributed by atoms with Crippen molar-refractivity contribution in [3.8, 4) is 17.2 Å². The molecule has 5 nitrogen and oxygen atoms in total. The third-order valence-corrected chi connectivity index (χ3v) is 3.46.